The average Bonchev–Trinajstić information content (AvgIpc) is 2.38. The molecule has 0 unspecified atom stereocenters. The van der Waals surface area contributed by atoms with Gasteiger partial charge in [-0.3, -0.25) is 4.99 Å². The highest BCUT2D eigenvalue weighted by molar-refractivity contribution is 7.90. The Morgan fingerprint density at radius 3 is 2.89 bits per heavy atom. The molecule has 1 aliphatic rings. The van der Waals surface area contributed by atoms with Crippen LogP contribution in [-0.4, -0.2) is 34.1 Å². The van der Waals surface area contributed by atoms with E-state index >= 15 is 0 Å². The van der Waals surface area contributed by atoms with E-state index in [0.29, 0.717) is 25.4 Å². The molecule has 7 heteroatoms. The second-order valence-corrected chi connectivity index (χ2v) is 5.66. The van der Waals surface area contributed by atoms with Gasteiger partial charge in [-0.05, 0) is 25.5 Å². The van der Waals surface area contributed by atoms with Gasteiger partial charge < -0.3 is 10.1 Å². The number of fused-ring (bicyclic) bond motifs is 1. The van der Waals surface area contributed by atoms with Crippen LogP contribution in [0.3, 0.4) is 0 Å². The molecule has 0 fully saturated rings. The summed E-state index contributed by atoms with van der Waals surface area (Å²) < 4.78 is 31.5. The number of sulfonamides is 1. The summed E-state index contributed by atoms with van der Waals surface area (Å²) in [6.45, 7) is 3.73. The Labute approximate surface area is 112 Å². The van der Waals surface area contributed by atoms with E-state index in [-0.39, 0.29) is 10.9 Å². The van der Waals surface area contributed by atoms with Crippen LogP contribution in [0.25, 0.3) is 0 Å². The van der Waals surface area contributed by atoms with Crippen molar-refractivity contribution in [1.82, 2.24) is 4.72 Å². The zero-order chi connectivity index (χ0) is 13.7. The second kappa shape index (κ2) is 6.03. The van der Waals surface area contributed by atoms with E-state index in [9.17, 15) is 8.42 Å². The average molecular weight is 283 g/mol. The van der Waals surface area contributed by atoms with Crippen LogP contribution in [-0.2, 0) is 14.8 Å². The molecular formula is C12H17N3O3S. The van der Waals surface area contributed by atoms with Crippen LogP contribution in [0.5, 0.6) is 0 Å². The van der Waals surface area contributed by atoms with E-state index in [0.717, 1.165) is 6.42 Å². The fourth-order valence-corrected chi connectivity index (χ4v) is 2.86. The molecule has 2 N–H and O–H groups in total. The van der Waals surface area contributed by atoms with Crippen molar-refractivity contribution in [3.8, 4) is 0 Å². The zero-order valence-corrected chi connectivity index (χ0v) is 11.5. The highest BCUT2D eigenvalue weighted by atomic mass is 32.2. The SMILES string of the molecule is CCOCCCN=C1Nc2ccccc2S(=O)(=O)N1. The fraction of sp³-hybridized carbons (Fsp3) is 0.417. The molecule has 0 amide bonds. The van der Waals surface area contributed by atoms with Crippen LogP contribution in [0, 0.1) is 0 Å². The van der Waals surface area contributed by atoms with Crippen molar-refractivity contribution in [2.24, 2.45) is 4.99 Å². The summed E-state index contributed by atoms with van der Waals surface area (Å²) in [7, 11) is -3.51. The van der Waals surface area contributed by atoms with Crippen LogP contribution >= 0.6 is 0 Å². The first-order valence-electron chi connectivity index (χ1n) is 6.14. The number of nitrogens with one attached hydrogen (secondary N) is 2. The van der Waals surface area contributed by atoms with Crippen molar-refractivity contribution in [3.05, 3.63) is 24.3 Å². The van der Waals surface area contributed by atoms with Gasteiger partial charge >= 0.3 is 0 Å². The summed E-state index contributed by atoms with van der Waals surface area (Å²) in [5, 5.41) is 2.96. The molecule has 0 bridgehead atoms. The Morgan fingerprint density at radius 1 is 1.32 bits per heavy atom. The van der Waals surface area contributed by atoms with Gasteiger partial charge in [0.05, 0.1) is 5.69 Å². The van der Waals surface area contributed by atoms with Crippen molar-refractivity contribution < 1.29 is 13.2 Å². The van der Waals surface area contributed by atoms with Gasteiger partial charge in [0, 0.05) is 19.8 Å². The van der Waals surface area contributed by atoms with Gasteiger partial charge in [0.1, 0.15) is 4.90 Å². The van der Waals surface area contributed by atoms with Gasteiger partial charge in [-0.1, -0.05) is 12.1 Å². The standard InChI is InChI=1S/C12H17N3O3S/c1-2-18-9-5-8-13-12-14-10-6-3-4-7-11(10)19(16,17)15-12/h3-4,6-7H,2,5,8-9H2,1H3,(H2,13,14,15). The summed E-state index contributed by atoms with van der Waals surface area (Å²) in [6.07, 6.45) is 0.752. The van der Waals surface area contributed by atoms with E-state index in [1.54, 1.807) is 24.3 Å². The Morgan fingerprint density at radius 2 is 2.11 bits per heavy atom. The lowest BCUT2D eigenvalue weighted by molar-refractivity contribution is 0.146. The highest BCUT2D eigenvalue weighted by Gasteiger charge is 2.25. The lowest BCUT2D eigenvalue weighted by atomic mass is 10.3. The van der Waals surface area contributed by atoms with Crippen LogP contribution < -0.4 is 10.0 Å². The van der Waals surface area contributed by atoms with E-state index < -0.39 is 10.0 Å². The zero-order valence-electron chi connectivity index (χ0n) is 10.7. The molecule has 1 heterocycles. The Kier molecular flexibility index (Phi) is 4.39. The Balaban J connectivity index is 2.06. The molecule has 104 valence electrons. The molecule has 6 nitrogen and oxygen atoms in total. The quantitative estimate of drug-likeness (QED) is 0.795. The molecule has 1 aliphatic heterocycles. The van der Waals surface area contributed by atoms with E-state index in [1.165, 1.54) is 0 Å². The molecule has 19 heavy (non-hydrogen) atoms. The number of hydrogen-bond acceptors (Lipinski definition) is 4. The molecule has 0 aromatic heterocycles. The molecule has 1 aromatic carbocycles. The molecule has 0 aliphatic carbocycles. The largest absolute Gasteiger partial charge is 0.382 e. The van der Waals surface area contributed by atoms with Crippen molar-refractivity contribution in [3.63, 3.8) is 0 Å². The predicted octanol–water partition coefficient (Wildman–Crippen LogP) is 1.17. The first kappa shape index (κ1) is 13.8. The number of hydrogen-bond donors (Lipinski definition) is 2. The maximum absolute atomic E-state index is 12.0. The number of guanidine groups is 1. The lowest BCUT2D eigenvalue weighted by Gasteiger charge is -2.21. The molecule has 0 saturated carbocycles. The number of para-hydroxylation sites is 1. The minimum Gasteiger partial charge on any atom is -0.382 e. The van der Waals surface area contributed by atoms with Gasteiger partial charge in [-0.15, -0.1) is 0 Å². The predicted molar refractivity (Wildman–Crippen MR) is 73.8 cm³/mol. The molecule has 2 rings (SSSR count). The van der Waals surface area contributed by atoms with Crippen molar-refractivity contribution in [1.29, 1.82) is 0 Å². The third kappa shape index (κ3) is 3.45. The number of nitrogens with zero attached hydrogens (tertiary/aromatic N) is 1. The summed E-state index contributed by atoms with van der Waals surface area (Å²) in [4.78, 5) is 4.42. The third-order valence-corrected chi connectivity index (χ3v) is 3.98. The molecule has 0 saturated heterocycles. The number of aliphatic imine (C=N–C) groups is 1. The highest BCUT2D eigenvalue weighted by Crippen LogP contribution is 2.23. The molecule has 0 radical (unpaired) electrons. The second-order valence-electron chi connectivity index (χ2n) is 4.01. The summed E-state index contributed by atoms with van der Waals surface area (Å²) in [6, 6.07) is 6.73. The van der Waals surface area contributed by atoms with Crippen molar-refractivity contribution in [2.45, 2.75) is 18.2 Å². The number of ether oxygens (including phenoxy) is 1. The number of anilines is 1. The maximum Gasteiger partial charge on any atom is 0.266 e. The minimum atomic E-state index is -3.51. The first-order valence-corrected chi connectivity index (χ1v) is 7.63. The van der Waals surface area contributed by atoms with Gasteiger partial charge in [-0.2, -0.15) is 0 Å². The number of rotatable bonds is 5. The van der Waals surface area contributed by atoms with Gasteiger partial charge in [0.2, 0.25) is 5.96 Å². The lowest BCUT2D eigenvalue weighted by Crippen LogP contribution is -2.40. The summed E-state index contributed by atoms with van der Waals surface area (Å²) in [5.74, 6) is 0.259. The summed E-state index contributed by atoms with van der Waals surface area (Å²) >= 11 is 0. The van der Waals surface area contributed by atoms with E-state index in [1.807, 2.05) is 6.92 Å². The Hall–Kier alpha value is -1.60. The van der Waals surface area contributed by atoms with Gasteiger partial charge in [0.15, 0.2) is 0 Å². The molecule has 0 spiro atoms. The smallest absolute Gasteiger partial charge is 0.266 e. The van der Waals surface area contributed by atoms with Crippen molar-refractivity contribution >= 4 is 21.7 Å². The van der Waals surface area contributed by atoms with Crippen LogP contribution in [0.2, 0.25) is 0 Å². The van der Waals surface area contributed by atoms with Crippen LogP contribution in [0.15, 0.2) is 34.2 Å². The molecular weight excluding hydrogens is 266 g/mol. The maximum atomic E-state index is 12.0. The van der Waals surface area contributed by atoms with E-state index in [4.69, 9.17) is 4.74 Å². The van der Waals surface area contributed by atoms with Gasteiger partial charge in [-0.25, -0.2) is 13.1 Å². The summed E-state index contributed by atoms with van der Waals surface area (Å²) in [5.41, 5.74) is 0.546. The third-order valence-electron chi connectivity index (χ3n) is 2.58. The Bertz CT molecular complexity index is 569. The normalized spacial score (nSPS) is 18.5. The fourth-order valence-electron chi connectivity index (χ4n) is 1.71. The first-order chi connectivity index (χ1) is 9.13. The van der Waals surface area contributed by atoms with Crippen LogP contribution in [0.4, 0.5) is 5.69 Å². The number of benzene rings is 1. The molecule has 1 aromatic rings. The van der Waals surface area contributed by atoms with Gasteiger partial charge in [0.25, 0.3) is 10.0 Å². The van der Waals surface area contributed by atoms with Crippen LogP contribution in [0.1, 0.15) is 13.3 Å². The minimum absolute atomic E-state index is 0.239. The van der Waals surface area contributed by atoms with Crippen molar-refractivity contribution in [2.75, 3.05) is 25.1 Å². The molecule has 0 atom stereocenters. The topological polar surface area (TPSA) is 79.8 Å². The van der Waals surface area contributed by atoms with E-state index in [2.05, 4.69) is 15.0 Å². The monoisotopic (exact) mass is 283 g/mol.